The molecule has 1 aromatic rings. The van der Waals surface area contributed by atoms with Crippen LogP contribution < -0.4 is 0 Å². The Bertz CT molecular complexity index is 487. The van der Waals surface area contributed by atoms with Crippen LogP contribution in [0.3, 0.4) is 0 Å². The maximum atomic E-state index is 12.4. The highest BCUT2D eigenvalue weighted by atomic mass is 35.5. The molecule has 3 rings (SSSR count). The number of likely N-dealkylation sites (tertiary alicyclic amines) is 2. The second-order valence-electron chi connectivity index (χ2n) is 6.05. The molecule has 2 fully saturated rings. The number of carbonyl (C=O) groups excluding carboxylic acids is 1. The van der Waals surface area contributed by atoms with Crippen LogP contribution in [-0.2, 0) is 0 Å². The van der Waals surface area contributed by atoms with Gasteiger partial charge in [-0.3, -0.25) is 4.79 Å². The van der Waals surface area contributed by atoms with E-state index in [0.717, 1.165) is 26.1 Å². The minimum Gasteiger partial charge on any atom is -0.356 e. The molecule has 19 heavy (non-hydrogen) atoms. The average Bonchev–Trinajstić information content (AvgIpc) is 2.96. The fourth-order valence-electron chi connectivity index (χ4n) is 3.56. The topological polar surface area (TPSA) is 39.3 Å². The van der Waals surface area contributed by atoms with Gasteiger partial charge in [-0.1, -0.05) is 11.6 Å². The number of hydrogen-bond acceptors (Lipinski definition) is 2. The van der Waals surface area contributed by atoms with Gasteiger partial charge in [0.05, 0.1) is 5.02 Å². The Balaban J connectivity index is 1.70. The highest BCUT2D eigenvalue weighted by Crippen LogP contribution is 2.38. The van der Waals surface area contributed by atoms with Gasteiger partial charge in [-0.2, -0.15) is 0 Å². The first-order valence-corrected chi connectivity index (χ1v) is 7.28. The molecule has 1 aromatic heterocycles. The number of nitrogens with zero attached hydrogens (tertiary/aromatic N) is 2. The van der Waals surface area contributed by atoms with Crippen LogP contribution in [0.1, 0.15) is 29.8 Å². The quantitative estimate of drug-likeness (QED) is 0.857. The summed E-state index contributed by atoms with van der Waals surface area (Å²) in [7, 11) is 2.18. The number of hydrogen-bond donors (Lipinski definition) is 1. The predicted molar refractivity (Wildman–Crippen MR) is 75.5 cm³/mol. The van der Waals surface area contributed by atoms with Crippen LogP contribution >= 0.6 is 11.6 Å². The number of rotatable bonds is 1. The Morgan fingerprint density at radius 3 is 2.89 bits per heavy atom. The lowest BCUT2D eigenvalue weighted by molar-refractivity contribution is 0.0718. The summed E-state index contributed by atoms with van der Waals surface area (Å²) in [4.78, 5) is 19.7. The number of aromatic amines is 1. The Kier molecular flexibility index (Phi) is 3.31. The summed E-state index contributed by atoms with van der Waals surface area (Å²) in [5, 5.41) is 0.592. The third kappa shape index (κ3) is 2.51. The number of nitrogens with one attached hydrogen (secondary N) is 1. The lowest BCUT2D eigenvalue weighted by atomic mass is 9.79. The van der Waals surface area contributed by atoms with Crippen molar-refractivity contribution in [2.24, 2.45) is 5.41 Å². The smallest absolute Gasteiger partial charge is 0.270 e. The van der Waals surface area contributed by atoms with Gasteiger partial charge < -0.3 is 14.8 Å². The molecule has 0 aromatic carbocycles. The van der Waals surface area contributed by atoms with E-state index in [-0.39, 0.29) is 5.91 Å². The molecule has 0 saturated carbocycles. The molecular weight excluding hydrogens is 262 g/mol. The van der Waals surface area contributed by atoms with Crippen molar-refractivity contribution in [3.05, 3.63) is 23.0 Å². The number of halogens is 1. The summed E-state index contributed by atoms with van der Waals surface area (Å²) in [6, 6.07) is 1.71. The van der Waals surface area contributed by atoms with Crippen molar-refractivity contribution in [2.45, 2.75) is 19.3 Å². The second-order valence-corrected chi connectivity index (χ2v) is 6.49. The third-order valence-corrected chi connectivity index (χ3v) is 4.67. The van der Waals surface area contributed by atoms with Gasteiger partial charge in [0.2, 0.25) is 0 Å². The number of amides is 1. The first-order chi connectivity index (χ1) is 9.08. The SMILES string of the molecule is CN1CCCC2(CCN(C(=O)c3cc(Cl)c[nH]3)C2)C1. The van der Waals surface area contributed by atoms with E-state index in [1.54, 1.807) is 12.3 Å². The molecule has 1 atom stereocenters. The van der Waals surface area contributed by atoms with E-state index in [1.165, 1.54) is 19.4 Å². The number of H-pyrrole nitrogens is 1. The first kappa shape index (κ1) is 13.0. The van der Waals surface area contributed by atoms with Crippen molar-refractivity contribution >= 4 is 17.5 Å². The van der Waals surface area contributed by atoms with Gasteiger partial charge >= 0.3 is 0 Å². The molecule has 4 nitrogen and oxygen atoms in total. The zero-order valence-electron chi connectivity index (χ0n) is 11.3. The monoisotopic (exact) mass is 281 g/mol. The molecule has 0 aliphatic carbocycles. The van der Waals surface area contributed by atoms with Gasteiger partial charge in [-0.15, -0.1) is 0 Å². The molecule has 2 aliphatic heterocycles. The Hall–Kier alpha value is -1.00. The largest absolute Gasteiger partial charge is 0.356 e. The van der Waals surface area contributed by atoms with Crippen LogP contribution in [0, 0.1) is 5.41 Å². The van der Waals surface area contributed by atoms with E-state index in [1.807, 2.05) is 4.90 Å². The minimum absolute atomic E-state index is 0.0806. The highest BCUT2D eigenvalue weighted by Gasteiger charge is 2.42. The van der Waals surface area contributed by atoms with Crippen LogP contribution in [0.4, 0.5) is 0 Å². The van der Waals surface area contributed by atoms with Crippen LogP contribution in [0.5, 0.6) is 0 Å². The summed E-state index contributed by atoms with van der Waals surface area (Å²) in [6.45, 7) is 4.04. The van der Waals surface area contributed by atoms with E-state index < -0.39 is 0 Å². The van der Waals surface area contributed by atoms with Crippen molar-refractivity contribution in [2.75, 3.05) is 33.2 Å². The predicted octanol–water partition coefficient (Wildman–Crippen LogP) is 2.23. The van der Waals surface area contributed by atoms with Crippen molar-refractivity contribution in [3.63, 3.8) is 0 Å². The Morgan fingerprint density at radius 2 is 2.21 bits per heavy atom. The average molecular weight is 282 g/mol. The molecule has 1 spiro atoms. The maximum absolute atomic E-state index is 12.4. The van der Waals surface area contributed by atoms with Gasteiger partial charge in [0.15, 0.2) is 0 Å². The molecular formula is C14H20ClN3O. The second kappa shape index (κ2) is 4.84. The fourth-order valence-corrected chi connectivity index (χ4v) is 3.72. The molecule has 1 amide bonds. The zero-order chi connectivity index (χ0) is 13.5. The van der Waals surface area contributed by atoms with Crippen LogP contribution in [-0.4, -0.2) is 53.9 Å². The summed E-state index contributed by atoms with van der Waals surface area (Å²) in [5.74, 6) is 0.0806. The van der Waals surface area contributed by atoms with Crippen LogP contribution in [0.15, 0.2) is 12.3 Å². The fraction of sp³-hybridized carbons (Fsp3) is 0.643. The molecule has 2 saturated heterocycles. The van der Waals surface area contributed by atoms with Crippen molar-refractivity contribution in [1.82, 2.24) is 14.8 Å². The van der Waals surface area contributed by atoms with Crippen molar-refractivity contribution in [1.29, 1.82) is 0 Å². The molecule has 104 valence electrons. The van der Waals surface area contributed by atoms with Gasteiger partial charge in [0.25, 0.3) is 5.91 Å². The van der Waals surface area contributed by atoms with E-state index in [2.05, 4.69) is 16.9 Å². The highest BCUT2D eigenvalue weighted by molar-refractivity contribution is 6.30. The van der Waals surface area contributed by atoms with Gasteiger partial charge in [0, 0.05) is 31.2 Å². The first-order valence-electron chi connectivity index (χ1n) is 6.90. The van der Waals surface area contributed by atoms with E-state index in [4.69, 9.17) is 11.6 Å². The molecule has 1 unspecified atom stereocenters. The zero-order valence-corrected chi connectivity index (χ0v) is 12.0. The van der Waals surface area contributed by atoms with E-state index >= 15 is 0 Å². The van der Waals surface area contributed by atoms with E-state index in [9.17, 15) is 4.79 Å². The van der Waals surface area contributed by atoms with Crippen LogP contribution in [0.25, 0.3) is 0 Å². The third-order valence-electron chi connectivity index (χ3n) is 4.46. The molecule has 0 radical (unpaired) electrons. The van der Waals surface area contributed by atoms with Crippen LogP contribution in [0.2, 0.25) is 5.02 Å². The summed E-state index contributed by atoms with van der Waals surface area (Å²) in [5.41, 5.74) is 0.921. The number of piperidine rings is 1. The molecule has 0 bridgehead atoms. The van der Waals surface area contributed by atoms with Gasteiger partial charge in [-0.25, -0.2) is 0 Å². The van der Waals surface area contributed by atoms with Crippen molar-refractivity contribution in [3.8, 4) is 0 Å². The molecule has 3 heterocycles. The van der Waals surface area contributed by atoms with Gasteiger partial charge in [-0.05, 0) is 38.9 Å². The standard InChI is InChI=1S/C14H20ClN3O/c1-17-5-2-3-14(9-17)4-6-18(10-14)13(19)12-7-11(15)8-16-12/h7-8,16H,2-6,9-10H2,1H3. The summed E-state index contributed by atoms with van der Waals surface area (Å²) >= 11 is 5.86. The minimum atomic E-state index is 0.0806. The summed E-state index contributed by atoms with van der Waals surface area (Å²) < 4.78 is 0. The lowest BCUT2D eigenvalue weighted by Gasteiger charge is -2.38. The number of aromatic nitrogens is 1. The van der Waals surface area contributed by atoms with Gasteiger partial charge in [0.1, 0.15) is 5.69 Å². The maximum Gasteiger partial charge on any atom is 0.270 e. The number of carbonyl (C=O) groups is 1. The molecule has 2 aliphatic rings. The Labute approximate surface area is 118 Å². The normalized spacial score (nSPS) is 28.2. The van der Waals surface area contributed by atoms with E-state index in [0.29, 0.717) is 16.1 Å². The lowest BCUT2D eigenvalue weighted by Crippen LogP contribution is -2.43. The summed E-state index contributed by atoms with van der Waals surface area (Å²) in [6.07, 6.45) is 5.27. The Morgan fingerprint density at radius 1 is 1.37 bits per heavy atom. The molecule has 5 heteroatoms. The molecule has 1 N–H and O–H groups in total. The van der Waals surface area contributed by atoms with Crippen molar-refractivity contribution < 1.29 is 4.79 Å².